The summed E-state index contributed by atoms with van der Waals surface area (Å²) in [7, 11) is 0. The highest BCUT2D eigenvalue weighted by Crippen LogP contribution is 2.29. The molecule has 8 heteroatoms. The van der Waals surface area contributed by atoms with E-state index in [1.165, 1.54) is 6.20 Å². The monoisotopic (exact) mass is 402 g/mol. The summed E-state index contributed by atoms with van der Waals surface area (Å²) < 4.78 is 0. The first-order valence-electron chi connectivity index (χ1n) is 10.0. The molecule has 2 N–H and O–H groups in total. The molecule has 2 heterocycles. The second kappa shape index (κ2) is 9.62. The number of pyridine rings is 1. The van der Waals surface area contributed by atoms with E-state index in [4.69, 9.17) is 4.84 Å². The predicted molar refractivity (Wildman–Crippen MR) is 109 cm³/mol. The second-order valence-corrected chi connectivity index (χ2v) is 7.99. The van der Waals surface area contributed by atoms with Crippen LogP contribution in [0, 0.1) is 17.8 Å². The van der Waals surface area contributed by atoms with E-state index in [1.54, 1.807) is 25.3 Å². The number of rotatable bonds is 8. The molecule has 0 saturated heterocycles. The Morgan fingerprint density at radius 1 is 1.28 bits per heavy atom. The summed E-state index contributed by atoms with van der Waals surface area (Å²) in [5, 5.41) is 2.76. The molecule has 0 saturated carbocycles. The molecule has 3 unspecified atom stereocenters. The largest absolute Gasteiger partial charge is 0.342 e. The number of nitrogens with one attached hydrogen (secondary N) is 2. The highest BCUT2D eigenvalue weighted by atomic mass is 16.7. The van der Waals surface area contributed by atoms with Gasteiger partial charge in [0, 0.05) is 12.4 Å². The van der Waals surface area contributed by atoms with Crippen LogP contribution in [-0.4, -0.2) is 34.1 Å². The lowest BCUT2D eigenvalue weighted by atomic mass is 9.89. The first kappa shape index (κ1) is 22.5. The van der Waals surface area contributed by atoms with Crippen LogP contribution in [0.25, 0.3) is 0 Å². The van der Waals surface area contributed by atoms with Crippen molar-refractivity contribution in [3.05, 3.63) is 30.1 Å². The molecule has 1 aromatic rings. The third-order valence-electron chi connectivity index (χ3n) is 5.61. The molecule has 3 atom stereocenters. The zero-order valence-corrected chi connectivity index (χ0v) is 17.7. The molecule has 0 spiro atoms. The normalized spacial score (nSPS) is 20.6. The number of amidine groups is 1. The molecule has 0 aromatic carbocycles. The summed E-state index contributed by atoms with van der Waals surface area (Å²) in [5.74, 6) is -1.55. The van der Waals surface area contributed by atoms with Crippen molar-refractivity contribution < 1.29 is 19.2 Å². The van der Waals surface area contributed by atoms with Crippen LogP contribution in [0.4, 0.5) is 0 Å². The molecule has 0 aliphatic carbocycles. The number of hydrogen-bond acceptors (Lipinski definition) is 6. The standard InChI is InChI=1S/C21H30N4O4/c1-6-14(4)9-10-16(17-23-20(28)21(5,24-17)13(2)3)19(27)29-25-18(26)15-8-7-11-22-12-15/h7-8,11-14,16H,6,9-10H2,1-5H3,(H,25,26)(H,23,24,28). The van der Waals surface area contributed by atoms with Crippen molar-refractivity contribution in [3.63, 3.8) is 0 Å². The van der Waals surface area contributed by atoms with Gasteiger partial charge < -0.3 is 10.2 Å². The van der Waals surface area contributed by atoms with Crippen LogP contribution in [0.5, 0.6) is 0 Å². The third kappa shape index (κ3) is 5.40. The average molecular weight is 402 g/mol. The van der Waals surface area contributed by atoms with Gasteiger partial charge in [-0.1, -0.05) is 34.1 Å². The summed E-state index contributed by atoms with van der Waals surface area (Å²) >= 11 is 0. The van der Waals surface area contributed by atoms with E-state index in [9.17, 15) is 14.4 Å². The molecule has 8 nitrogen and oxygen atoms in total. The molecule has 0 fully saturated rings. The van der Waals surface area contributed by atoms with E-state index in [0.29, 0.717) is 18.2 Å². The number of aliphatic imine (C=N–C) groups is 1. The summed E-state index contributed by atoms with van der Waals surface area (Å²) in [4.78, 5) is 50.8. The number of amides is 2. The Balaban J connectivity index is 2.14. The maximum atomic E-state index is 12.8. The van der Waals surface area contributed by atoms with Crippen molar-refractivity contribution in [3.8, 4) is 0 Å². The van der Waals surface area contributed by atoms with Gasteiger partial charge in [-0.3, -0.25) is 19.6 Å². The van der Waals surface area contributed by atoms with E-state index in [-0.39, 0.29) is 17.4 Å². The Morgan fingerprint density at radius 3 is 2.55 bits per heavy atom. The first-order valence-corrected chi connectivity index (χ1v) is 10.0. The van der Waals surface area contributed by atoms with E-state index in [1.807, 2.05) is 13.8 Å². The van der Waals surface area contributed by atoms with Gasteiger partial charge >= 0.3 is 5.97 Å². The van der Waals surface area contributed by atoms with Crippen molar-refractivity contribution >= 4 is 23.6 Å². The number of aromatic nitrogens is 1. The molecular formula is C21H30N4O4. The molecule has 2 rings (SSSR count). The van der Waals surface area contributed by atoms with Crippen molar-refractivity contribution in [2.45, 2.75) is 59.4 Å². The molecule has 1 aromatic heterocycles. The molecular weight excluding hydrogens is 372 g/mol. The Labute approximate surface area is 171 Å². The molecule has 1 aliphatic heterocycles. The summed E-state index contributed by atoms with van der Waals surface area (Å²) in [6, 6.07) is 3.17. The summed E-state index contributed by atoms with van der Waals surface area (Å²) in [5.41, 5.74) is 1.51. The topological polar surface area (TPSA) is 110 Å². The van der Waals surface area contributed by atoms with Crippen LogP contribution in [-0.2, 0) is 14.4 Å². The zero-order valence-electron chi connectivity index (χ0n) is 17.7. The minimum atomic E-state index is -0.927. The Kier molecular flexibility index (Phi) is 7.47. The highest BCUT2D eigenvalue weighted by Gasteiger charge is 2.45. The van der Waals surface area contributed by atoms with Gasteiger partial charge in [0.15, 0.2) is 0 Å². The van der Waals surface area contributed by atoms with E-state index < -0.39 is 23.3 Å². The molecule has 0 bridgehead atoms. The number of carbonyl (C=O) groups is 3. The van der Waals surface area contributed by atoms with Gasteiger partial charge in [-0.25, -0.2) is 4.79 Å². The van der Waals surface area contributed by atoms with Crippen LogP contribution < -0.4 is 10.8 Å². The lowest BCUT2D eigenvalue weighted by Gasteiger charge is -2.21. The quantitative estimate of drug-likeness (QED) is 0.650. The zero-order chi connectivity index (χ0) is 21.6. The Morgan fingerprint density at radius 2 is 2.00 bits per heavy atom. The SMILES string of the molecule is CCC(C)CCC(C(=O)ONC(=O)c1cccnc1)C1=NC(C)(C(C)C)C(=O)N1. The number of carbonyl (C=O) groups excluding carboxylic acids is 3. The van der Waals surface area contributed by atoms with Crippen molar-refractivity contribution in [1.82, 2.24) is 15.8 Å². The average Bonchev–Trinajstić information content (AvgIpc) is 3.02. The maximum absolute atomic E-state index is 12.8. The van der Waals surface area contributed by atoms with Crippen molar-refractivity contribution in [1.29, 1.82) is 0 Å². The molecule has 158 valence electrons. The van der Waals surface area contributed by atoms with E-state index in [0.717, 1.165) is 12.8 Å². The fourth-order valence-electron chi connectivity index (χ4n) is 2.87. The van der Waals surface area contributed by atoms with Crippen molar-refractivity contribution in [2.75, 3.05) is 0 Å². The summed E-state index contributed by atoms with van der Waals surface area (Å²) in [6.45, 7) is 9.75. The van der Waals surface area contributed by atoms with Gasteiger partial charge in [-0.2, -0.15) is 5.48 Å². The van der Waals surface area contributed by atoms with Gasteiger partial charge in [0.2, 0.25) is 0 Å². The maximum Gasteiger partial charge on any atom is 0.342 e. The molecule has 29 heavy (non-hydrogen) atoms. The number of hydrogen-bond donors (Lipinski definition) is 2. The minimum Gasteiger partial charge on any atom is -0.340 e. The predicted octanol–water partition coefficient (Wildman–Crippen LogP) is 2.66. The lowest BCUT2D eigenvalue weighted by Crippen LogP contribution is -2.43. The van der Waals surface area contributed by atoms with Gasteiger partial charge in [0.25, 0.3) is 11.8 Å². The van der Waals surface area contributed by atoms with Crippen LogP contribution in [0.3, 0.4) is 0 Å². The van der Waals surface area contributed by atoms with E-state index >= 15 is 0 Å². The van der Waals surface area contributed by atoms with Gasteiger partial charge in [0.1, 0.15) is 17.3 Å². The molecule has 0 radical (unpaired) electrons. The van der Waals surface area contributed by atoms with Crippen LogP contribution in [0.15, 0.2) is 29.5 Å². The highest BCUT2D eigenvalue weighted by molar-refractivity contribution is 6.14. The fourth-order valence-corrected chi connectivity index (χ4v) is 2.87. The van der Waals surface area contributed by atoms with Crippen molar-refractivity contribution in [2.24, 2.45) is 22.7 Å². The number of hydroxylamine groups is 1. The third-order valence-corrected chi connectivity index (χ3v) is 5.61. The van der Waals surface area contributed by atoms with Crippen LogP contribution in [0.1, 0.15) is 64.2 Å². The minimum absolute atomic E-state index is 0.0310. The number of nitrogens with zero attached hydrogens (tertiary/aromatic N) is 2. The molecule has 1 aliphatic rings. The van der Waals surface area contributed by atoms with E-state index in [2.05, 4.69) is 34.6 Å². The summed E-state index contributed by atoms with van der Waals surface area (Å²) in [6.07, 6.45) is 5.12. The van der Waals surface area contributed by atoms with Gasteiger partial charge in [-0.05, 0) is 43.7 Å². The molecule has 2 amide bonds. The van der Waals surface area contributed by atoms with Crippen LogP contribution >= 0.6 is 0 Å². The Bertz CT molecular complexity index is 778. The fraction of sp³-hybridized carbons (Fsp3) is 0.571. The first-order chi connectivity index (χ1) is 13.7. The second-order valence-electron chi connectivity index (χ2n) is 7.99. The van der Waals surface area contributed by atoms with Gasteiger partial charge in [-0.15, -0.1) is 0 Å². The van der Waals surface area contributed by atoms with Gasteiger partial charge in [0.05, 0.1) is 5.56 Å². The smallest absolute Gasteiger partial charge is 0.340 e. The van der Waals surface area contributed by atoms with Crippen LogP contribution in [0.2, 0.25) is 0 Å². The lowest BCUT2D eigenvalue weighted by molar-refractivity contribution is -0.151. The Hall–Kier alpha value is -2.77.